The van der Waals surface area contributed by atoms with Crippen LogP contribution >= 0.6 is 0 Å². The third kappa shape index (κ3) is 2.76. The number of rotatable bonds is 3. The van der Waals surface area contributed by atoms with Gasteiger partial charge in [0.15, 0.2) is 0 Å². The van der Waals surface area contributed by atoms with Crippen molar-refractivity contribution in [2.24, 2.45) is 0 Å². The lowest BCUT2D eigenvalue weighted by Gasteiger charge is -2.24. The summed E-state index contributed by atoms with van der Waals surface area (Å²) in [5.41, 5.74) is 2.78. The quantitative estimate of drug-likeness (QED) is 0.844. The summed E-state index contributed by atoms with van der Waals surface area (Å²) in [6, 6.07) is 7.01. The highest BCUT2D eigenvalue weighted by Crippen LogP contribution is 2.20. The summed E-state index contributed by atoms with van der Waals surface area (Å²) in [7, 11) is 1.73. The summed E-state index contributed by atoms with van der Waals surface area (Å²) in [5, 5.41) is 3.59. The van der Waals surface area contributed by atoms with Crippen LogP contribution in [0.25, 0.3) is 0 Å². The molecule has 16 heavy (non-hydrogen) atoms. The molecule has 0 bridgehead atoms. The average Bonchev–Trinajstić information content (AvgIpc) is 2.33. The average molecular weight is 219 g/mol. The highest BCUT2D eigenvalue weighted by Gasteiger charge is 2.14. The van der Waals surface area contributed by atoms with E-state index in [1.165, 1.54) is 36.9 Å². The van der Waals surface area contributed by atoms with Crippen LogP contribution in [0.1, 0.15) is 30.4 Å². The molecule has 0 aliphatic carbocycles. The maximum atomic E-state index is 5.28. The number of piperidine rings is 1. The Morgan fingerprint density at radius 1 is 1.38 bits per heavy atom. The van der Waals surface area contributed by atoms with Crippen molar-refractivity contribution >= 4 is 0 Å². The standard InChI is InChI=1S/C14H21NO/c1-11-6-7-14(16-2)10-12(11)9-13-5-3-4-8-15-13/h6-7,10,13,15H,3-5,8-9H2,1-2H3. The Hall–Kier alpha value is -1.02. The summed E-state index contributed by atoms with van der Waals surface area (Å²) >= 11 is 0. The number of methoxy groups -OCH3 is 1. The fourth-order valence-electron chi connectivity index (χ4n) is 2.36. The maximum absolute atomic E-state index is 5.28. The molecule has 1 N–H and O–H groups in total. The normalized spacial score (nSPS) is 20.8. The fourth-order valence-corrected chi connectivity index (χ4v) is 2.36. The number of hydrogen-bond donors (Lipinski definition) is 1. The molecule has 1 atom stereocenters. The summed E-state index contributed by atoms with van der Waals surface area (Å²) in [5.74, 6) is 0.969. The van der Waals surface area contributed by atoms with Gasteiger partial charge in [-0.1, -0.05) is 12.5 Å². The largest absolute Gasteiger partial charge is 0.497 e. The molecule has 1 aliphatic heterocycles. The van der Waals surface area contributed by atoms with E-state index in [1.807, 2.05) is 6.07 Å². The minimum atomic E-state index is 0.652. The van der Waals surface area contributed by atoms with Gasteiger partial charge in [0.25, 0.3) is 0 Å². The Morgan fingerprint density at radius 2 is 2.25 bits per heavy atom. The number of hydrogen-bond acceptors (Lipinski definition) is 2. The molecule has 2 rings (SSSR count). The van der Waals surface area contributed by atoms with Crippen LogP contribution in [-0.4, -0.2) is 19.7 Å². The molecular weight excluding hydrogens is 198 g/mol. The second-order valence-corrected chi connectivity index (χ2v) is 4.64. The van der Waals surface area contributed by atoms with E-state index in [1.54, 1.807) is 7.11 Å². The van der Waals surface area contributed by atoms with E-state index in [9.17, 15) is 0 Å². The smallest absolute Gasteiger partial charge is 0.119 e. The summed E-state index contributed by atoms with van der Waals surface area (Å²) < 4.78 is 5.28. The Labute approximate surface area is 98.0 Å². The lowest BCUT2D eigenvalue weighted by molar-refractivity contribution is 0.396. The van der Waals surface area contributed by atoms with E-state index in [2.05, 4.69) is 24.4 Å². The van der Waals surface area contributed by atoms with E-state index in [0.717, 1.165) is 12.2 Å². The summed E-state index contributed by atoms with van der Waals surface area (Å²) in [4.78, 5) is 0. The van der Waals surface area contributed by atoms with Crippen molar-refractivity contribution in [2.45, 2.75) is 38.6 Å². The molecule has 1 saturated heterocycles. The first-order valence-corrected chi connectivity index (χ1v) is 6.16. The molecule has 1 aliphatic rings. The van der Waals surface area contributed by atoms with Gasteiger partial charge in [-0.05, 0) is 56.0 Å². The predicted molar refractivity (Wildman–Crippen MR) is 67.1 cm³/mol. The number of benzene rings is 1. The molecule has 1 aromatic carbocycles. The predicted octanol–water partition coefficient (Wildman–Crippen LogP) is 2.69. The highest BCUT2D eigenvalue weighted by atomic mass is 16.5. The monoisotopic (exact) mass is 219 g/mol. The molecule has 1 unspecified atom stereocenters. The van der Waals surface area contributed by atoms with Crippen molar-refractivity contribution in [3.63, 3.8) is 0 Å². The van der Waals surface area contributed by atoms with Gasteiger partial charge in [-0.2, -0.15) is 0 Å². The Bertz CT molecular complexity index is 343. The molecule has 1 heterocycles. The van der Waals surface area contributed by atoms with E-state index < -0.39 is 0 Å². The van der Waals surface area contributed by atoms with Gasteiger partial charge >= 0.3 is 0 Å². The van der Waals surface area contributed by atoms with Crippen molar-refractivity contribution in [3.8, 4) is 5.75 Å². The zero-order chi connectivity index (χ0) is 11.4. The Balaban J connectivity index is 2.06. The van der Waals surface area contributed by atoms with Gasteiger partial charge in [0.1, 0.15) is 5.75 Å². The molecule has 0 radical (unpaired) electrons. The van der Waals surface area contributed by atoms with Gasteiger partial charge in [-0.25, -0.2) is 0 Å². The molecular formula is C14H21NO. The van der Waals surface area contributed by atoms with Crippen molar-refractivity contribution in [1.82, 2.24) is 5.32 Å². The van der Waals surface area contributed by atoms with Gasteiger partial charge in [-0.3, -0.25) is 0 Å². The minimum absolute atomic E-state index is 0.652. The van der Waals surface area contributed by atoms with E-state index >= 15 is 0 Å². The van der Waals surface area contributed by atoms with E-state index in [-0.39, 0.29) is 0 Å². The summed E-state index contributed by atoms with van der Waals surface area (Å²) in [6.07, 6.45) is 5.12. The fraction of sp³-hybridized carbons (Fsp3) is 0.571. The maximum Gasteiger partial charge on any atom is 0.119 e. The van der Waals surface area contributed by atoms with Crippen LogP contribution in [-0.2, 0) is 6.42 Å². The number of nitrogens with one attached hydrogen (secondary N) is 1. The van der Waals surface area contributed by atoms with E-state index in [0.29, 0.717) is 6.04 Å². The lowest BCUT2D eigenvalue weighted by Crippen LogP contribution is -2.35. The molecule has 0 aromatic heterocycles. The van der Waals surface area contributed by atoms with Gasteiger partial charge in [0.05, 0.1) is 7.11 Å². The summed E-state index contributed by atoms with van der Waals surface area (Å²) in [6.45, 7) is 3.35. The molecule has 0 saturated carbocycles. The van der Waals surface area contributed by atoms with Crippen molar-refractivity contribution in [3.05, 3.63) is 29.3 Å². The third-order valence-corrected chi connectivity index (χ3v) is 3.43. The first-order chi connectivity index (χ1) is 7.79. The van der Waals surface area contributed by atoms with Crippen LogP contribution in [0.3, 0.4) is 0 Å². The zero-order valence-electron chi connectivity index (χ0n) is 10.3. The second-order valence-electron chi connectivity index (χ2n) is 4.64. The van der Waals surface area contributed by atoms with Gasteiger partial charge in [-0.15, -0.1) is 0 Å². The third-order valence-electron chi connectivity index (χ3n) is 3.43. The van der Waals surface area contributed by atoms with Crippen molar-refractivity contribution in [1.29, 1.82) is 0 Å². The number of aryl methyl sites for hydroxylation is 1. The van der Waals surface area contributed by atoms with Crippen molar-refractivity contribution in [2.75, 3.05) is 13.7 Å². The van der Waals surface area contributed by atoms with Crippen LogP contribution in [0, 0.1) is 6.92 Å². The second kappa shape index (κ2) is 5.35. The van der Waals surface area contributed by atoms with Crippen LogP contribution in [0.4, 0.5) is 0 Å². The number of ether oxygens (including phenoxy) is 1. The lowest BCUT2D eigenvalue weighted by atomic mass is 9.95. The van der Waals surface area contributed by atoms with Gasteiger partial charge in [0.2, 0.25) is 0 Å². The highest BCUT2D eigenvalue weighted by molar-refractivity contribution is 5.35. The molecule has 2 nitrogen and oxygen atoms in total. The molecule has 88 valence electrons. The molecule has 0 spiro atoms. The van der Waals surface area contributed by atoms with Crippen molar-refractivity contribution < 1.29 is 4.74 Å². The van der Waals surface area contributed by atoms with Gasteiger partial charge in [0, 0.05) is 6.04 Å². The van der Waals surface area contributed by atoms with Gasteiger partial charge < -0.3 is 10.1 Å². The minimum Gasteiger partial charge on any atom is -0.497 e. The Morgan fingerprint density at radius 3 is 2.94 bits per heavy atom. The zero-order valence-corrected chi connectivity index (χ0v) is 10.3. The molecule has 1 fully saturated rings. The van der Waals surface area contributed by atoms with Crippen LogP contribution in [0.15, 0.2) is 18.2 Å². The molecule has 2 heteroatoms. The first-order valence-electron chi connectivity index (χ1n) is 6.16. The Kier molecular flexibility index (Phi) is 3.83. The van der Waals surface area contributed by atoms with Crippen LogP contribution in [0.5, 0.6) is 5.75 Å². The van der Waals surface area contributed by atoms with Crippen LogP contribution in [0.2, 0.25) is 0 Å². The first kappa shape index (κ1) is 11.5. The molecule has 1 aromatic rings. The SMILES string of the molecule is COc1ccc(C)c(CC2CCCCN2)c1. The topological polar surface area (TPSA) is 21.3 Å². The molecule has 0 amide bonds. The van der Waals surface area contributed by atoms with E-state index in [4.69, 9.17) is 4.74 Å². The van der Waals surface area contributed by atoms with Crippen LogP contribution < -0.4 is 10.1 Å².